The van der Waals surface area contributed by atoms with Crippen molar-refractivity contribution in [2.45, 2.75) is 46.5 Å². The second-order valence-electron chi connectivity index (χ2n) is 5.00. The smallest absolute Gasteiger partial charge is 0.227 e. The van der Waals surface area contributed by atoms with Crippen LogP contribution >= 0.6 is 0 Å². The second kappa shape index (κ2) is 8.35. The monoisotopic (exact) mass is 276 g/mol. The number of hydrogen-bond acceptors (Lipinski definition) is 2. The van der Waals surface area contributed by atoms with Gasteiger partial charge in [0.25, 0.3) is 0 Å². The lowest BCUT2D eigenvalue weighted by molar-refractivity contribution is -0.120. The molecule has 0 aliphatic carbocycles. The van der Waals surface area contributed by atoms with Crippen LogP contribution in [0.2, 0.25) is 0 Å². The normalized spacial score (nSPS) is 11.8. The van der Waals surface area contributed by atoms with E-state index in [0.29, 0.717) is 0 Å². The predicted octanol–water partition coefficient (Wildman–Crippen LogP) is 3.80. The summed E-state index contributed by atoms with van der Waals surface area (Å²) in [6.07, 6.45) is 3.97. The number of rotatable bonds is 7. The van der Waals surface area contributed by atoms with Crippen LogP contribution in [0, 0.1) is 5.92 Å². The summed E-state index contributed by atoms with van der Waals surface area (Å²) < 4.78 is 0. The molecule has 1 aromatic carbocycles. The van der Waals surface area contributed by atoms with Gasteiger partial charge in [-0.3, -0.25) is 9.59 Å². The van der Waals surface area contributed by atoms with E-state index >= 15 is 0 Å². The van der Waals surface area contributed by atoms with E-state index in [1.54, 1.807) is 24.3 Å². The highest BCUT2D eigenvalue weighted by atomic mass is 16.2. The molecule has 0 saturated carbocycles. The van der Waals surface area contributed by atoms with Gasteiger partial charge >= 0.3 is 0 Å². The van der Waals surface area contributed by atoms with Gasteiger partial charge < -0.3 is 10.6 Å². The lowest BCUT2D eigenvalue weighted by atomic mass is 9.98. The Labute approximate surface area is 121 Å². The summed E-state index contributed by atoms with van der Waals surface area (Å²) in [7, 11) is 0. The van der Waals surface area contributed by atoms with Crippen LogP contribution < -0.4 is 10.6 Å². The van der Waals surface area contributed by atoms with E-state index in [-0.39, 0.29) is 17.7 Å². The number of hydrogen-bond donors (Lipinski definition) is 2. The summed E-state index contributed by atoms with van der Waals surface area (Å²) in [5.41, 5.74) is 1.49. The first kappa shape index (κ1) is 16.2. The van der Waals surface area contributed by atoms with Crippen LogP contribution in [0.1, 0.15) is 46.5 Å². The zero-order valence-corrected chi connectivity index (χ0v) is 12.5. The molecule has 0 aromatic heterocycles. The van der Waals surface area contributed by atoms with Gasteiger partial charge in [-0.05, 0) is 37.1 Å². The van der Waals surface area contributed by atoms with Gasteiger partial charge in [0.2, 0.25) is 11.8 Å². The molecule has 0 heterocycles. The van der Waals surface area contributed by atoms with E-state index in [4.69, 9.17) is 0 Å². The van der Waals surface area contributed by atoms with Gasteiger partial charge in [-0.15, -0.1) is 0 Å². The molecule has 20 heavy (non-hydrogen) atoms. The molecule has 0 aliphatic rings. The van der Waals surface area contributed by atoms with Crippen molar-refractivity contribution in [3.63, 3.8) is 0 Å². The molecule has 4 heteroatoms. The van der Waals surface area contributed by atoms with Gasteiger partial charge in [0.05, 0.1) is 0 Å². The fraction of sp³-hybridized carbons (Fsp3) is 0.500. The third-order valence-electron chi connectivity index (χ3n) is 3.24. The summed E-state index contributed by atoms with van der Waals surface area (Å²) in [4.78, 5) is 23.1. The Kier molecular flexibility index (Phi) is 6.77. The lowest BCUT2D eigenvalue weighted by Crippen LogP contribution is -2.22. The number of amides is 2. The first-order chi connectivity index (χ1) is 9.56. The molecule has 0 fully saturated rings. The summed E-state index contributed by atoms with van der Waals surface area (Å²) in [6, 6.07) is 7.17. The van der Waals surface area contributed by atoms with Crippen molar-refractivity contribution in [3.05, 3.63) is 24.3 Å². The molecule has 2 amide bonds. The molecule has 0 spiro atoms. The third-order valence-corrected chi connectivity index (χ3v) is 3.24. The number of carbonyl (C=O) groups excluding carboxylic acids is 2. The van der Waals surface area contributed by atoms with Crippen molar-refractivity contribution in [2.75, 3.05) is 10.6 Å². The third kappa shape index (κ3) is 5.43. The van der Waals surface area contributed by atoms with E-state index in [1.165, 1.54) is 6.92 Å². The highest BCUT2D eigenvalue weighted by molar-refractivity contribution is 5.93. The molecule has 0 radical (unpaired) electrons. The minimum absolute atomic E-state index is 0.0740. The average Bonchev–Trinajstić information content (AvgIpc) is 2.41. The Balaban J connectivity index is 2.58. The van der Waals surface area contributed by atoms with Crippen molar-refractivity contribution in [2.24, 2.45) is 5.92 Å². The van der Waals surface area contributed by atoms with Gasteiger partial charge in [-0.2, -0.15) is 0 Å². The molecule has 0 aliphatic heterocycles. The Morgan fingerprint density at radius 2 is 1.60 bits per heavy atom. The lowest BCUT2D eigenvalue weighted by Gasteiger charge is -2.14. The van der Waals surface area contributed by atoms with Gasteiger partial charge in [-0.1, -0.05) is 26.7 Å². The molecule has 1 atom stereocenters. The molecule has 110 valence electrons. The number of anilines is 2. The largest absolute Gasteiger partial charge is 0.326 e. The van der Waals surface area contributed by atoms with Gasteiger partial charge in [0.15, 0.2) is 0 Å². The Hall–Kier alpha value is -1.84. The second-order valence-corrected chi connectivity index (χ2v) is 5.00. The highest BCUT2D eigenvalue weighted by Gasteiger charge is 2.15. The van der Waals surface area contributed by atoms with E-state index in [9.17, 15) is 9.59 Å². The summed E-state index contributed by atoms with van der Waals surface area (Å²) >= 11 is 0. The van der Waals surface area contributed by atoms with Crippen molar-refractivity contribution in [3.8, 4) is 0 Å². The van der Waals surface area contributed by atoms with E-state index in [0.717, 1.165) is 37.1 Å². The van der Waals surface area contributed by atoms with E-state index in [2.05, 4.69) is 17.6 Å². The zero-order chi connectivity index (χ0) is 15.0. The summed E-state index contributed by atoms with van der Waals surface area (Å²) in [5.74, 6) is 0.0468. The maximum absolute atomic E-state index is 12.1. The number of carbonyl (C=O) groups is 2. The van der Waals surface area contributed by atoms with Crippen LogP contribution in [0.4, 0.5) is 11.4 Å². The van der Waals surface area contributed by atoms with E-state index in [1.807, 2.05) is 6.92 Å². The summed E-state index contributed by atoms with van der Waals surface area (Å²) in [6.45, 7) is 5.64. The number of benzene rings is 1. The zero-order valence-electron chi connectivity index (χ0n) is 12.5. The van der Waals surface area contributed by atoms with Crippen LogP contribution in [0.3, 0.4) is 0 Å². The maximum Gasteiger partial charge on any atom is 0.227 e. The van der Waals surface area contributed by atoms with Crippen molar-refractivity contribution in [1.29, 1.82) is 0 Å². The van der Waals surface area contributed by atoms with Crippen molar-refractivity contribution >= 4 is 23.2 Å². The minimum Gasteiger partial charge on any atom is -0.326 e. The highest BCUT2D eigenvalue weighted by Crippen LogP contribution is 2.18. The SMILES string of the molecule is CCCC[C@H](CC)C(=O)Nc1ccc(NC(C)=O)cc1. The molecular weight excluding hydrogens is 252 g/mol. The Morgan fingerprint density at radius 3 is 2.05 bits per heavy atom. The molecule has 4 nitrogen and oxygen atoms in total. The summed E-state index contributed by atoms with van der Waals surface area (Å²) in [5, 5.41) is 5.63. The van der Waals surface area contributed by atoms with Gasteiger partial charge in [0.1, 0.15) is 0 Å². The van der Waals surface area contributed by atoms with Crippen molar-refractivity contribution < 1.29 is 9.59 Å². The van der Waals surface area contributed by atoms with Crippen LogP contribution in [0.15, 0.2) is 24.3 Å². The minimum atomic E-state index is -0.104. The molecule has 2 N–H and O–H groups in total. The topological polar surface area (TPSA) is 58.2 Å². The molecule has 0 saturated heterocycles. The molecule has 0 unspecified atom stereocenters. The fourth-order valence-corrected chi connectivity index (χ4v) is 2.06. The maximum atomic E-state index is 12.1. The predicted molar refractivity (Wildman–Crippen MR) is 82.7 cm³/mol. The van der Waals surface area contributed by atoms with Crippen LogP contribution in [-0.2, 0) is 9.59 Å². The first-order valence-corrected chi connectivity index (χ1v) is 7.25. The standard InChI is InChI=1S/C16H24N2O2/c1-4-6-7-13(5-2)16(20)18-15-10-8-14(9-11-15)17-12(3)19/h8-11,13H,4-7H2,1-3H3,(H,17,19)(H,18,20)/t13-/m0/s1. The van der Waals surface area contributed by atoms with E-state index < -0.39 is 0 Å². The fourth-order valence-electron chi connectivity index (χ4n) is 2.06. The average molecular weight is 276 g/mol. The van der Waals surface area contributed by atoms with Crippen LogP contribution in [0.25, 0.3) is 0 Å². The molecule has 1 aromatic rings. The van der Waals surface area contributed by atoms with Crippen LogP contribution in [-0.4, -0.2) is 11.8 Å². The first-order valence-electron chi connectivity index (χ1n) is 7.25. The van der Waals surface area contributed by atoms with Gasteiger partial charge in [-0.25, -0.2) is 0 Å². The molecule has 1 rings (SSSR count). The van der Waals surface area contributed by atoms with Crippen molar-refractivity contribution in [1.82, 2.24) is 0 Å². The molecular formula is C16H24N2O2. The number of nitrogens with one attached hydrogen (secondary N) is 2. The van der Waals surface area contributed by atoms with Gasteiger partial charge in [0, 0.05) is 24.2 Å². The van der Waals surface area contributed by atoms with Crippen LogP contribution in [0.5, 0.6) is 0 Å². The quantitative estimate of drug-likeness (QED) is 0.795. The Morgan fingerprint density at radius 1 is 1.05 bits per heavy atom. The molecule has 0 bridgehead atoms. The number of unbranched alkanes of at least 4 members (excludes halogenated alkanes) is 1. The Bertz CT molecular complexity index is 440.